The van der Waals surface area contributed by atoms with E-state index in [4.69, 9.17) is 4.74 Å². The van der Waals surface area contributed by atoms with E-state index in [0.29, 0.717) is 23.2 Å². The second-order valence-electron chi connectivity index (χ2n) is 8.14. The molecule has 5 rings (SSSR count). The second-order valence-corrected chi connectivity index (χ2v) is 8.14. The minimum absolute atomic E-state index is 0.0628. The zero-order chi connectivity index (χ0) is 21.4. The summed E-state index contributed by atoms with van der Waals surface area (Å²) in [5, 5.41) is 7.22. The van der Waals surface area contributed by atoms with Gasteiger partial charge in [-0.2, -0.15) is 5.10 Å². The third kappa shape index (κ3) is 3.87. The zero-order valence-electron chi connectivity index (χ0n) is 17.1. The molecule has 4 heterocycles. The summed E-state index contributed by atoms with van der Waals surface area (Å²) in [5.41, 5.74) is 2.37. The maximum atomic E-state index is 14.4. The molecular weight excluding hydrogens is 402 g/mol. The predicted molar refractivity (Wildman–Crippen MR) is 112 cm³/mol. The Kier molecular flexibility index (Phi) is 5.31. The van der Waals surface area contributed by atoms with E-state index in [1.54, 1.807) is 16.9 Å². The van der Waals surface area contributed by atoms with Gasteiger partial charge in [-0.15, -0.1) is 0 Å². The lowest BCUT2D eigenvalue weighted by molar-refractivity contribution is 0.0859. The van der Waals surface area contributed by atoms with Crippen LogP contribution in [0.1, 0.15) is 47.6 Å². The molecule has 2 fully saturated rings. The highest BCUT2D eigenvalue weighted by atomic mass is 19.1. The summed E-state index contributed by atoms with van der Waals surface area (Å²) >= 11 is 0. The Labute approximate surface area is 178 Å². The van der Waals surface area contributed by atoms with Crippen molar-refractivity contribution in [1.82, 2.24) is 14.9 Å². The number of ether oxygens (including phenoxy) is 1. The molecule has 1 aromatic carbocycles. The molecule has 1 N–H and O–H groups in total. The van der Waals surface area contributed by atoms with E-state index in [0.717, 1.165) is 50.6 Å². The minimum atomic E-state index is -0.445. The average molecular weight is 426 g/mol. The highest BCUT2D eigenvalue weighted by Crippen LogP contribution is 2.38. The molecule has 2 aliphatic heterocycles. The lowest BCUT2D eigenvalue weighted by Gasteiger charge is -2.27. The number of hydrogen-bond donors (Lipinski definition) is 1. The van der Waals surface area contributed by atoms with Crippen molar-refractivity contribution in [2.75, 3.05) is 24.6 Å². The van der Waals surface area contributed by atoms with Gasteiger partial charge in [0.15, 0.2) is 0 Å². The van der Waals surface area contributed by atoms with Crippen LogP contribution >= 0.6 is 0 Å². The van der Waals surface area contributed by atoms with Crippen LogP contribution in [0.25, 0.3) is 5.52 Å². The number of pyridine rings is 1. The monoisotopic (exact) mass is 426 g/mol. The fourth-order valence-corrected chi connectivity index (χ4v) is 4.60. The fourth-order valence-electron chi connectivity index (χ4n) is 4.60. The Morgan fingerprint density at radius 1 is 1.19 bits per heavy atom. The topological polar surface area (TPSA) is 58.9 Å². The van der Waals surface area contributed by atoms with Crippen LogP contribution in [-0.4, -0.2) is 41.3 Å². The normalized spacial score (nSPS) is 21.2. The van der Waals surface area contributed by atoms with Crippen molar-refractivity contribution in [3.63, 3.8) is 0 Å². The summed E-state index contributed by atoms with van der Waals surface area (Å²) in [6, 6.07) is 7.13. The molecular formula is C23H24F2N4O2. The Morgan fingerprint density at radius 2 is 2.10 bits per heavy atom. The van der Waals surface area contributed by atoms with E-state index in [-0.39, 0.29) is 18.1 Å². The van der Waals surface area contributed by atoms with Crippen molar-refractivity contribution in [2.45, 2.75) is 37.8 Å². The average Bonchev–Trinajstić information content (AvgIpc) is 3.53. The lowest BCUT2D eigenvalue weighted by atomic mass is 10.0. The SMILES string of the molecule is O=C(NC[C@@H]1CCCO1)c1cnn2ccc(N3CCC[C@@H]3c3cc(F)ccc3F)cc12. The molecule has 1 amide bonds. The summed E-state index contributed by atoms with van der Waals surface area (Å²) in [4.78, 5) is 14.8. The van der Waals surface area contributed by atoms with Gasteiger partial charge in [-0.05, 0) is 56.0 Å². The zero-order valence-corrected chi connectivity index (χ0v) is 17.1. The van der Waals surface area contributed by atoms with Gasteiger partial charge in [0.25, 0.3) is 5.91 Å². The fraction of sp³-hybridized carbons (Fsp3) is 0.391. The number of aromatic nitrogens is 2. The van der Waals surface area contributed by atoms with Crippen molar-refractivity contribution in [3.05, 3.63) is 65.5 Å². The van der Waals surface area contributed by atoms with E-state index in [1.165, 1.54) is 12.1 Å². The van der Waals surface area contributed by atoms with Crippen LogP contribution in [0.5, 0.6) is 0 Å². The Hall–Kier alpha value is -3.00. The predicted octanol–water partition coefficient (Wildman–Crippen LogP) is 3.86. The summed E-state index contributed by atoms with van der Waals surface area (Å²) in [5.74, 6) is -1.05. The van der Waals surface area contributed by atoms with Crippen molar-refractivity contribution in [2.24, 2.45) is 0 Å². The van der Waals surface area contributed by atoms with Crippen molar-refractivity contribution >= 4 is 17.1 Å². The van der Waals surface area contributed by atoms with Crippen LogP contribution in [-0.2, 0) is 4.74 Å². The smallest absolute Gasteiger partial charge is 0.255 e. The molecule has 6 nitrogen and oxygen atoms in total. The second kappa shape index (κ2) is 8.26. The standard InChI is InChI=1S/C23H24F2N4O2/c24-15-5-6-20(25)18(11-15)21-4-1-8-28(21)16-7-9-29-22(12-16)19(14-27-29)23(30)26-13-17-3-2-10-31-17/h5-7,9,11-12,14,17,21H,1-4,8,10,13H2,(H,26,30)/t17-,21+/m0/s1. The minimum Gasteiger partial charge on any atom is -0.376 e. The number of anilines is 1. The van der Waals surface area contributed by atoms with Crippen LogP contribution in [0.3, 0.4) is 0 Å². The number of nitrogens with zero attached hydrogens (tertiary/aromatic N) is 3. The van der Waals surface area contributed by atoms with Crippen LogP contribution in [0.4, 0.5) is 14.5 Å². The molecule has 3 aromatic rings. The molecule has 2 saturated heterocycles. The molecule has 162 valence electrons. The first-order chi connectivity index (χ1) is 15.1. The van der Waals surface area contributed by atoms with E-state index in [1.807, 2.05) is 12.1 Å². The molecule has 0 radical (unpaired) electrons. The number of nitrogens with one attached hydrogen (secondary N) is 1. The molecule has 2 aliphatic rings. The molecule has 0 bridgehead atoms. The van der Waals surface area contributed by atoms with Gasteiger partial charge in [0.05, 0.1) is 29.4 Å². The van der Waals surface area contributed by atoms with E-state index < -0.39 is 11.6 Å². The quantitative estimate of drug-likeness (QED) is 0.673. The van der Waals surface area contributed by atoms with Gasteiger partial charge >= 0.3 is 0 Å². The van der Waals surface area contributed by atoms with Crippen LogP contribution in [0, 0.1) is 11.6 Å². The third-order valence-electron chi connectivity index (χ3n) is 6.17. The van der Waals surface area contributed by atoms with Crippen molar-refractivity contribution in [1.29, 1.82) is 0 Å². The molecule has 31 heavy (non-hydrogen) atoms. The first-order valence-corrected chi connectivity index (χ1v) is 10.7. The maximum Gasteiger partial charge on any atom is 0.255 e. The molecule has 2 atom stereocenters. The number of fused-ring (bicyclic) bond motifs is 1. The van der Waals surface area contributed by atoms with Crippen molar-refractivity contribution < 1.29 is 18.3 Å². The maximum absolute atomic E-state index is 14.4. The number of benzene rings is 1. The summed E-state index contributed by atoms with van der Waals surface area (Å²) in [6.07, 6.45) is 6.99. The first kappa shape index (κ1) is 19.9. The summed E-state index contributed by atoms with van der Waals surface area (Å²) in [6.45, 7) is 1.94. The first-order valence-electron chi connectivity index (χ1n) is 10.7. The highest BCUT2D eigenvalue weighted by Gasteiger charge is 2.29. The number of hydrogen-bond acceptors (Lipinski definition) is 4. The van der Waals surface area contributed by atoms with E-state index in [9.17, 15) is 13.6 Å². The van der Waals surface area contributed by atoms with Gasteiger partial charge in [-0.25, -0.2) is 13.3 Å². The van der Waals surface area contributed by atoms with Gasteiger partial charge in [0.2, 0.25) is 0 Å². The van der Waals surface area contributed by atoms with Crippen LogP contribution < -0.4 is 10.2 Å². The number of rotatable bonds is 5. The molecule has 0 saturated carbocycles. The van der Waals surface area contributed by atoms with Gasteiger partial charge in [0, 0.05) is 37.1 Å². The Balaban J connectivity index is 1.41. The molecule has 0 aliphatic carbocycles. The third-order valence-corrected chi connectivity index (χ3v) is 6.17. The lowest BCUT2D eigenvalue weighted by Crippen LogP contribution is -2.31. The van der Waals surface area contributed by atoms with Crippen molar-refractivity contribution in [3.8, 4) is 0 Å². The number of carbonyl (C=O) groups excluding carboxylic acids is 1. The summed E-state index contributed by atoms with van der Waals surface area (Å²) < 4.78 is 35.4. The largest absolute Gasteiger partial charge is 0.376 e. The van der Waals surface area contributed by atoms with Crippen LogP contribution in [0.15, 0.2) is 42.7 Å². The number of amides is 1. The highest BCUT2D eigenvalue weighted by molar-refractivity contribution is 6.01. The van der Waals surface area contributed by atoms with Gasteiger partial charge in [-0.1, -0.05) is 0 Å². The molecule has 8 heteroatoms. The molecule has 0 unspecified atom stereocenters. The Bertz CT molecular complexity index is 1110. The van der Waals surface area contributed by atoms with Gasteiger partial charge in [-0.3, -0.25) is 4.79 Å². The van der Waals surface area contributed by atoms with E-state index in [2.05, 4.69) is 15.3 Å². The number of halogens is 2. The molecule has 0 spiro atoms. The van der Waals surface area contributed by atoms with E-state index >= 15 is 0 Å². The molecule has 2 aromatic heterocycles. The van der Waals surface area contributed by atoms with Gasteiger partial charge < -0.3 is 15.0 Å². The number of carbonyl (C=O) groups is 1. The summed E-state index contributed by atoms with van der Waals surface area (Å²) in [7, 11) is 0. The van der Waals surface area contributed by atoms with Crippen LogP contribution in [0.2, 0.25) is 0 Å². The Morgan fingerprint density at radius 3 is 2.94 bits per heavy atom. The van der Waals surface area contributed by atoms with Gasteiger partial charge in [0.1, 0.15) is 11.6 Å².